The summed E-state index contributed by atoms with van der Waals surface area (Å²) in [5.41, 5.74) is 4.30. The molecule has 110 valence electrons. The lowest BCUT2D eigenvalue weighted by atomic mass is 10.1. The van der Waals surface area contributed by atoms with Crippen molar-refractivity contribution in [1.82, 2.24) is 9.80 Å². The van der Waals surface area contributed by atoms with Gasteiger partial charge in [-0.05, 0) is 65.2 Å². The number of hydrogen-bond acceptors (Lipinski definition) is 2. The lowest BCUT2D eigenvalue weighted by Gasteiger charge is -2.35. The summed E-state index contributed by atoms with van der Waals surface area (Å²) in [6.07, 6.45) is 9.05. The van der Waals surface area contributed by atoms with Crippen LogP contribution in [-0.4, -0.2) is 51.7 Å². The van der Waals surface area contributed by atoms with Crippen LogP contribution in [-0.2, 0) is 0 Å². The van der Waals surface area contributed by atoms with Gasteiger partial charge in [-0.3, -0.25) is 9.80 Å². The van der Waals surface area contributed by atoms with E-state index in [-0.39, 0.29) is 9.52 Å². The van der Waals surface area contributed by atoms with Crippen LogP contribution in [0.25, 0.3) is 0 Å². The number of likely N-dealkylation sites (tertiary alicyclic amines) is 2. The first-order valence-electron chi connectivity index (χ1n) is 8.45. The molecule has 0 N–H and O–H groups in total. The summed E-state index contributed by atoms with van der Waals surface area (Å²) in [6.45, 7) is 10.0. The van der Waals surface area contributed by atoms with Crippen molar-refractivity contribution in [2.45, 2.75) is 64.6 Å². The third kappa shape index (κ3) is 4.73. The van der Waals surface area contributed by atoms with E-state index in [2.05, 4.69) is 29.3 Å². The van der Waals surface area contributed by atoms with Gasteiger partial charge in [0.2, 0.25) is 0 Å². The topological polar surface area (TPSA) is 6.48 Å². The Labute approximate surface area is 122 Å². The van der Waals surface area contributed by atoms with Crippen LogP contribution in [0.3, 0.4) is 0 Å². The van der Waals surface area contributed by atoms with Crippen molar-refractivity contribution in [2.75, 3.05) is 26.2 Å². The summed E-state index contributed by atoms with van der Waals surface area (Å²) in [7, 11) is 0.0788. The van der Waals surface area contributed by atoms with Gasteiger partial charge in [0.05, 0.1) is 6.17 Å². The molecular weight excluding hydrogens is 248 g/mol. The van der Waals surface area contributed by atoms with Crippen molar-refractivity contribution in [1.29, 1.82) is 0 Å². The molecule has 0 unspecified atom stereocenters. The molecule has 0 aromatic heterocycles. The van der Waals surface area contributed by atoms with Crippen molar-refractivity contribution < 1.29 is 0 Å². The molecule has 2 aliphatic heterocycles. The zero-order chi connectivity index (χ0) is 13.5. The van der Waals surface area contributed by atoms with Crippen LogP contribution < -0.4 is 0 Å². The maximum atomic E-state index is 2.75. The normalized spacial score (nSPS) is 23.4. The second-order valence-corrected chi connectivity index (χ2v) is 8.06. The zero-order valence-electron chi connectivity index (χ0n) is 13.0. The van der Waals surface area contributed by atoms with E-state index >= 15 is 0 Å². The lowest BCUT2D eigenvalue weighted by molar-refractivity contribution is 0.0795. The fourth-order valence-electron chi connectivity index (χ4n) is 3.49. The molecule has 2 fully saturated rings. The van der Waals surface area contributed by atoms with Crippen LogP contribution in [0.5, 0.6) is 0 Å². The highest BCUT2D eigenvalue weighted by atomic mass is 28.2. The maximum Gasteiger partial charge on any atom is 0.0660 e. The largest absolute Gasteiger partial charge is 0.288 e. The Kier molecular flexibility index (Phi) is 6.61. The van der Waals surface area contributed by atoms with E-state index in [0.717, 1.165) is 6.17 Å². The van der Waals surface area contributed by atoms with Crippen molar-refractivity contribution >= 4 is 9.52 Å². The van der Waals surface area contributed by atoms with E-state index in [9.17, 15) is 0 Å². The average molecular weight is 281 g/mol. The molecule has 2 aliphatic rings. The molecule has 0 aliphatic carbocycles. The van der Waals surface area contributed by atoms with E-state index < -0.39 is 0 Å². The quantitative estimate of drug-likeness (QED) is 0.523. The minimum atomic E-state index is 0.0788. The number of nitrogens with zero attached hydrogens (tertiary/aromatic N) is 2. The standard InChI is InChI=1S/C16H32N2Si/c1-3-12-19-14-15(2)13-16(17-8-4-5-9-17)18-10-6-7-11-18/h14,16H,3-13,19H2,1-2H3. The van der Waals surface area contributed by atoms with Crippen molar-refractivity contribution in [3.8, 4) is 0 Å². The van der Waals surface area contributed by atoms with E-state index in [0.29, 0.717) is 0 Å². The highest BCUT2D eigenvalue weighted by Crippen LogP contribution is 2.24. The minimum Gasteiger partial charge on any atom is -0.288 e. The molecule has 0 aromatic carbocycles. The molecule has 0 amide bonds. The third-order valence-electron chi connectivity index (χ3n) is 4.68. The summed E-state index contributed by atoms with van der Waals surface area (Å²) in [5.74, 6) is 0. The van der Waals surface area contributed by atoms with E-state index in [1.54, 1.807) is 5.57 Å². The molecule has 2 saturated heterocycles. The molecule has 2 nitrogen and oxygen atoms in total. The minimum absolute atomic E-state index is 0.0788. The van der Waals surface area contributed by atoms with Gasteiger partial charge in [-0.2, -0.15) is 0 Å². The molecule has 0 bridgehead atoms. The summed E-state index contributed by atoms with van der Waals surface area (Å²) < 4.78 is 0. The Morgan fingerprint density at radius 3 is 2.05 bits per heavy atom. The van der Waals surface area contributed by atoms with E-state index in [4.69, 9.17) is 0 Å². The Hall–Kier alpha value is -0.123. The molecule has 0 atom stereocenters. The predicted octanol–water partition coefficient (Wildman–Crippen LogP) is 2.80. The molecule has 19 heavy (non-hydrogen) atoms. The summed E-state index contributed by atoms with van der Waals surface area (Å²) in [6, 6.07) is 1.48. The van der Waals surface area contributed by atoms with Crippen LogP contribution in [0.2, 0.25) is 6.04 Å². The third-order valence-corrected chi connectivity index (χ3v) is 6.78. The summed E-state index contributed by atoms with van der Waals surface area (Å²) in [5, 5.41) is 0. The maximum absolute atomic E-state index is 2.75. The fourth-order valence-corrected chi connectivity index (χ4v) is 4.76. The smallest absolute Gasteiger partial charge is 0.0660 e. The highest BCUT2D eigenvalue weighted by molar-refractivity contribution is 6.42. The molecule has 0 spiro atoms. The molecule has 0 saturated carbocycles. The van der Waals surface area contributed by atoms with Gasteiger partial charge in [0.25, 0.3) is 0 Å². The van der Waals surface area contributed by atoms with Crippen molar-refractivity contribution in [3.05, 3.63) is 11.3 Å². The Morgan fingerprint density at radius 2 is 1.58 bits per heavy atom. The van der Waals surface area contributed by atoms with Crippen LogP contribution in [0.1, 0.15) is 52.4 Å². The van der Waals surface area contributed by atoms with Crippen molar-refractivity contribution in [2.24, 2.45) is 0 Å². The highest BCUT2D eigenvalue weighted by Gasteiger charge is 2.28. The Bertz CT molecular complexity index is 262. The Balaban J connectivity index is 1.90. The number of rotatable bonds is 7. The van der Waals surface area contributed by atoms with Crippen LogP contribution in [0.15, 0.2) is 11.3 Å². The SMILES string of the molecule is CCC[SiH2]C=C(C)CC(N1CCCC1)N1CCCC1. The summed E-state index contributed by atoms with van der Waals surface area (Å²) >= 11 is 0. The van der Waals surface area contributed by atoms with Crippen molar-refractivity contribution in [3.63, 3.8) is 0 Å². The predicted molar refractivity (Wildman–Crippen MR) is 87.4 cm³/mol. The molecule has 0 radical (unpaired) electrons. The number of hydrogen-bond donors (Lipinski definition) is 0. The van der Waals surface area contributed by atoms with Gasteiger partial charge in [0.1, 0.15) is 0 Å². The second kappa shape index (κ2) is 8.23. The first kappa shape index (κ1) is 15.3. The van der Waals surface area contributed by atoms with Gasteiger partial charge < -0.3 is 0 Å². The Morgan fingerprint density at radius 1 is 1.05 bits per heavy atom. The van der Waals surface area contributed by atoms with E-state index in [1.807, 2.05) is 0 Å². The summed E-state index contributed by atoms with van der Waals surface area (Å²) in [4.78, 5) is 5.51. The van der Waals surface area contributed by atoms with Gasteiger partial charge in [-0.1, -0.05) is 25.0 Å². The molecule has 3 heteroatoms. The molecule has 2 rings (SSSR count). The van der Waals surface area contributed by atoms with Crippen LogP contribution in [0.4, 0.5) is 0 Å². The van der Waals surface area contributed by atoms with Crippen LogP contribution in [0, 0.1) is 0 Å². The van der Waals surface area contributed by atoms with Gasteiger partial charge in [0, 0.05) is 9.52 Å². The van der Waals surface area contributed by atoms with E-state index in [1.165, 1.54) is 70.7 Å². The van der Waals surface area contributed by atoms with Gasteiger partial charge in [-0.25, -0.2) is 0 Å². The van der Waals surface area contributed by atoms with Crippen LogP contribution >= 0.6 is 0 Å². The monoisotopic (exact) mass is 280 g/mol. The molecule has 2 heterocycles. The molecular formula is C16H32N2Si. The average Bonchev–Trinajstić information content (AvgIpc) is 3.09. The first-order valence-corrected chi connectivity index (χ1v) is 10.3. The first-order chi connectivity index (χ1) is 9.31. The van der Waals surface area contributed by atoms with Gasteiger partial charge >= 0.3 is 0 Å². The lowest BCUT2D eigenvalue weighted by Crippen LogP contribution is -2.46. The fraction of sp³-hybridized carbons (Fsp3) is 0.875. The second-order valence-electron chi connectivity index (χ2n) is 6.36. The van der Waals surface area contributed by atoms with Gasteiger partial charge in [0.15, 0.2) is 0 Å². The molecule has 0 aromatic rings. The van der Waals surface area contributed by atoms with Gasteiger partial charge in [-0.15, -0.1) is 5.70 Å². The zero-order valence-corrected chi connectivity index (χ0v) is 14.4.